The van der Waals surface area contributed by atoms with Crippen LogP contribution >= 0.6 is 11.6 Å². The third kappa shape index (κ3) is 2.35. The third-order valence-corrected chi connectivity index (χ3v) is 3.70. The van der Waals surface area contributed by atoms with Crippen LogP contribution in [0.1, 0.15) is 18.2 Å². The monoisotopic (exact) mass is 282 g/mol. The summed E-state index contributed by atoms with van der Waals surface area (Å²) in [5.74, 6) is 0. The average Bonchev–Trinajstić information content (AvgIpc) is 2.79. The van der Waals surface area contributed by atoms with Crippen molar-refractivity contribution in [1.29, 1.82) is 0 Å². The molecular formula is C17H15ClN2. The van der Waals surface area contributed by atoms with Gasteiger partial charge in [-0.1, -0.05) is 29.8 Å². The summed E-state index contributed by atoms with van der Waals surface area (Å²) in [6.45, 7) is 4.14. The van der Waals surface area contributed by atoms with Gasteiger partial charge in [-0.05, 0) is 49.7 Å². The Labute approximate surface area is 123 Å². The number of hydrogen-bond donors (Lipinski definition) is 1. The molecule has 2 nitrogen and oxygen atoms in total. The highest BCUT2D eigenvalue weighted by molar-refractivity contribution is 6.30. The Morgan fingerprint density at radius 3 is 2.45 bits per heavy atom. The number of aliphatic imine (C=N–C) groups is 1. The SMILES string of the molecule is CC(=Nc1ccc(Cl)cc1)c1[nH]c2ccccc2c1C. The zero-order valence-corrected chi connectivity index (χ0v) is 12.2. The first-order chi connectivity index (χ1) is 9.65. The maximum Gasteiger partial charge on any atom is 0.0636 e. The molecule has 0 aliphatic heterocycles. The Bertz CT molecular complexity index is 782. The van der Waals surface area contributed by atoms with E-state index in [0.29, 0.717) is 0 Å². The first-order valence-electron chi connectivity index (χ1n) is 6.53. The lowest BCUT2D eigenvalue weighted by atomic mass is 10.1. The molecule has 0 spiro atoms. The molecule has 0 aliphatic rings. The molecule has 20 heavy (non-hydrogen) atoms. The van der Waals surface area contributed by atoms with E-state index in [1.165, 1.54) is 10.9 Å². The van der Waals surface area contributed by atoms with E-state index >= 15 is 0 Å². The number of H-pyrrole nitrogens is 1. The van der Waals surface area contributed by atoms with Crippen LogP contribution in [-0.2, 0) is 0 Å². The van der Waals surface area contributed by atoms with Crippen LogP contribution in [0.4, 0.5) is 5.69 Å². The molecule has 0 aliphatic carbocycles. The molecule has 0 amide bonds. The molecule has 0 unspecified atom stereocenters. The van der Waals surface area contributed by atoms with E-state index in [4.69, 9.17) is 11.6 Å². The van der Waals surface area contributed by atoms with E-state index < -0.39 is 0 Å². The van der Waals surface area contributed by atoms with Crippen molar-refractivity contribution in [3.63, 3.8) is 0 Å². The summed E-state index contributed by atoms with van der Waals surface area (Å²) in [6, 6.07) is 15.8. The fraction of sp³-hybridized carbons (Fsp3) is 0.118. The van der Waals surface area contributed by atoms with Gasteiger partial charge < -0.3 is 4.98 Å². The van der Waals surface area contributed by atoms with E-state index in [0.717, 1.165) is 27.6 Å². The minimum absolute atomic E-state index is 0.725. The predicted octanol–water partition coefficient (Wildman–Crippen LogP) is 5.27. The number of halogens is 1. The van der Waals surface area contributed by atoms with Gasteiger partial charge in [0.25, 0.3) is 0 Å². The molecule has 1 heterocycles. The summed E-state index contributed by atoms with van der Waals surface area (Å²) in [7, 11) is 0. The molecule has 2 aromatic carbocycles. The normalized spacial score (nSPS) is 12.1. The Morgan fingerprint density at radius 1 is 1.05 bits per heavy atom. The Morgan fingerprint density at radius 2 is 1.75 bits per heavy atom. The quantitative estimate of drug-likeness (QED) is 0.620. The van der Waals surface area contributed by atoms with Crippen molar-refractivity contribution < 1.29 is 0 Å². The standard InChI is InChI=1S/C17H15ClN2/c1-11-15-5-3-4-6-16(15)20-17(11)12(2)19-14-9-7-13(18)8-10-14/h3-10,20H,1-2H3. The molecule has 0 saturated heterocycles. The summed E-state index contributed by atoms with van der Waals surface area (Å²) < 4.78 is 0. The van der Waals surface area contributed by atoms with E-state index in [1.807, 2.05) is 37.3 Å². The number of para-hydroxylation sites is 1. The lowest BCUT2D eigenvalue weighted by Crippen LogP contribution is -1.96. The van der Waals surface area contributed by atoms with Gasteiger partial charge >= 0.3 is 0 Å². The first-order valence-corrected chi connectivity index (χ1v) is 6.91. The zero-order valence-electron chi connectivity index (χ0n) is 11.4. The maximum absolute atomic E-state index is 5.89. The Kier molecular flexibility index (Phi) is 3.33. The third-order valence-electron chi connectivity index (χ3n) is 3.45. The zero-order chi connectivity index (χ0) is 14.1. The number of benzene rings is 2. The molecular weight excluding hydrogens is 268 g/mol. The maximum atomic E-state index is 5.89. The van der Waals surface area contributed by atoms with Gasteiger partial charge in [0.15, 0.2) is 0 Å². The van der Waals surface area contributed by atoms with E-state index in [2.05, 4.69) is 35.1 Å². The van der Waals surface area contributed by atoms with Crippen molar-refractivity contribution in [1.82, 2.24) is 4.98 Å². The number of nitrogens with one attached hydrogen (secondary N) is 1. The van der Waals surface area contributed by atoms with Crippen LogP contribution in [-0.4, -0.2) is 10.7 Å². The number of aromatic nitrogens is 1. The van der Waals surface area contributed by atoms with Crippen LogP contribution in [0.15, 0.2) is 53.5 Å². The lowest BCUT2D eigenvalue weighted by molar-refractivity contribution is 1.34. The predicted molar refractivity (Wildman–Crippen MR) is 86.4 cm³/mol. The molecule has 0 bridgehead atoms. The van der Waals surface area contributed by atoms with Crippen LogP contribution < -0.4 is 0 Å². The second kappa shape index (κ2) is 5.14. The van der Waals surface area contributed by atoms with Gasteiger partial charge in [0, 0.05) is 15.9 Å². The Balaban J connectivity index is 2.05. The van der Waals surface area contributed by atoms with Gasteiger partial charge in [0.05, 0.1) is 17.1 Å². The molecule has 0 fully saturated rings. The van der Waals surface area contributed by atoms with Crippen molar-refractivity contribution in [3.8, 4) is 0 Å². The molecule has 0 atom stereocenters. The molecule has 3 rings (SSSR count). The minimum Gasteiger partial charge on any atom is -0.353 e. The van der Waals surface area contributed by atoms with E-state index in [1.54, 1.807) is 0 Å². The van der Waals surface area contributed by atoms with Crippen LogP contribution in [0.2, 0.25) is 5.02 Å². The number of rotatable bonds is 2. The van der Waals surface area contributed by atoms with Gasteiger partial charge in [0.1, 0.15) is 0 Å². The van der Waals surface area contributed by atoms with Crippen LogP contribution in [0, 0.1) is 6.92 Å². The smallest absolute Gasteiger partial charge is 0.0636 e. The molecule has 0 saturated carbocycles. The molecule has 1 aromatic heterocycles. The highest BCUT2D eigenvalue weighted by atomic mass is 35.5. The number of hydrogen-bond acceptors (Lipinski definition) is 1. The first kappa shape index (κ1) is 12.9. The van der Waals surface area contributed by atoms with E-state index in [9.17, 15) is 0 Å². The van der Waals surface area contributed by atoms with Crippen molar-refractivity contribution in [2.24, 2.45) is 4.99 Å². The minimum atomic E-state index is 0.725. The van der Waals surface area contributed by atoms with Gasteiger partial charge in [-0.25, -0.2) is 0 Å². The lowest BCUT2D eigenvalue weighted by Gasteiger charge is -2.01. The number of aryl methyl sites for hydroxylation is 1. The fourth-order valence-electron chi connectivity index (χ4n) is 2.41. The highest BCUT2D eigenvalue weighted by Gasteiger charge is 2.09. The fourth-order valence-corrected chi connectivity index (χ4v) is 2.54. The van der Waals surface area contributed by atoms with Crippen molar-refractivity contribution in [3.05, 3.63) is 64.8 Å². The average molecular weight is 283 g/mol. The molecule has 0 radical (unpaired) electrons. The summed E-state index contributed by atoms with van der Waals surface area (Å²) in [4.78, 5) is 8.09. The van der Waals surface area contributed by atoms with Crippen molar-refractivity contribution in [2.75, 3.05) is 0 Å². The second-order valence-electron chi connectivity index (χ2n) is 4.84. The van der Waals surface area contributed by atoms with Gasteiger partial charge in [-0.15, -0.1) is 0 Å². The number of nitrogens with zero attached hydrogens (tertiary/aromatic N) is 1. The largest absolute Gasteiger partial charge is 0.353 e. The van der Waals surface area contributed by atoms with Gasteiger partial charge in [-0.3, -0.25) is 4.99 Å². The topological polar surface area (TPSA) is 28.1 Å². The molecule has 3 heteroatoms. The van der Waals surface area contributed by atoms with Crippen LogP contribution in [0.5, 0.6) is 0 Å². The van der Waals surface area contributed by atoms with Crippen LogP contribution in [0.3, 0.4) is 0 Å². The molecule has 3 aromatic rings. The Hall–Kier alpha value is -2.06. The number of aromatic amines is 1. The highest BCUT2D eigenvalue weighted by Crippen LogP contribution is 2.23. The van der Waals surface area contributed by atoms with Gasteiger partial charge in [0.2, 0.25) is 0 Å². The van der Waals surface area contributed by atoms with Crippen LogP contribution in [0.25, 0.3) is 10.9 Å². The summed E-state index contributed by atoms with van der Waals surface area (Å²) >= 11 is 5.89. The molecule has 100 valence electrons. The van der Waals surface area contributed by atoms with Gasteiger partial charge in [-0.2, -0.15) is 0 Å². The van der Waals surface area contributed by atoms with Crippen molar-refractivity contribution >= 4 is 33.9 Å². The molecule has 1 N–H and O–H groups in total. The summed E-state index contributed by atoms with van der Waals surface area (Å²) in [5.41, 5.74) is 5.34. The second-order valence-corrected chi connectivity index (χ2v) is 5.28. The summed E-state index contributed by atoms with van der Waals surface area (Å²) in [6.07, 6.45) is 0. The number of fused-ring (bicyclic) bond motifs is 1. The van der Waals surface area contributed by atoms with E-state index in [-0.39, 0.29) is 0 Å². The van der Waals surface area contributed by atoms with Crippen molar-refractivity contribution in [2.45, 2.75) is 13.8 Å². The summed E-state index contributed by atoms with van der Waals surface area (Å²) in [5, 5.41) is 1.97.